The monoisotopic (exact) mass is 1050 g/mol. The minimum absolute atomic E-state index is 0.0581. The van der Waals surface area contributed by atoms with Crippen LogP contribution >= 0.6 is 0 Å². The molecule has 0 fully saturated rings. The Kier molecular flexibility index (Phi) is 16.3. The highest BCUT2D eigenvalue weighted by atomic mass is 32.2. The molecule has 0 radical (unpaired) electrons. The molecule has 23 heteroatoms. The van der Waals surface area contributed by atoms with Crippen LogP contribution in [0, 0.1) is 11.8 Å². The molecule has 6 rings (SSSR count). The second kappa shape index (κ2) is 22.4. The number of carbonyl (C=O) groups is 9. The van der Waals surface area contributed by atoms with Crippen molar-refractivity contribution in [3.8, 4) is 0 Å². The summed E-state index contributed by atoms with van der Waals surface area (Å²) in [5.74, 6) is -12.2. The van der Waals surface area contributed by atoms with Gasteiger partial charge in [0.05, 0.1) is 53.7 Å². The van der Waals surface area contributed by atoms with Crippen LogP contribution in [0.25, 0.3) is 0 Å². The van der Waals surface area contributed by atoms with Crippen LogP contribution in [0.15, 0.2) is 153 Å². The van der Waals surface area contributed by atoms with Gasteiger partial charge in [0.2, 0.25) is 31.5 Å². The van der Waals surface area contributed by atoms with Gasteiger partial charge >= 0.3 is 23.9 Å². The minimum atomic E-state index is -4.19. The first-order chi connectivity index (χ1) is 34.9. The molecule has 0 saturated carbocycles. The fourth-order valence-electron chi connectivity index (χ4n) is 7.16. The molecular weight excluding hydrogens is 1000 g/mol. The molecule has 0 bridgehead atoms. The zero-order valence-corrected chi connectivity index (χ0v) is 40.3. The van der Waals surface area contributed by atoms with Crippen molar-refractivity contribution in [2.24, 2.45) is 11.8 Å². The van der Waals surface area contributed by atoms with Gasteiger partial charge in [0.25, 0.3) is 11.8 Å². The maximum atomic E-state index is 14.4. The SMILES string of the molecule is CC(CC(=O)Nc1ccc(S(=O)(=O)c2ccc(NC(=O)c3c(C(=O)O)cccc3C(=O)c3cccc(C(=O)O)c3C(=O)Nc3ccc(S(=O)(=O)c4ccc(NC(=O)CC(C)C(=O)O)cc4)cc3)cc2)cc1)C(=O)O. The van der Waals surface area contributed by atoms with Gasteiger partial charge in [-0.1, -0.05) is 38.1 Å². The average molecular weight is 1050 g/mol. The van der Waals surface area contributed by atoms with E-state index in [4.69, 9.17) is 10.2 Å². The number of carbonyl (C=O) groups excluding carboxylic acids is 5. The largest absolute Gasteiger partial charge is 0.481 e. The number of benzene rings is 6. The predicted molar refractivity (Wildman–Crippen MR) is 263 cm³/mol. The van der Waals surface area contributed by atoms with Gasteiger partial charge in [0.15, 0.2) is 5.78 Å². The lowest BCUT2D eigenvalue weighted by Gasteiger charge is -2.16. The summed E-state index contributed by atoms with van der Waals surface area (Å²) in [6, 6.07) is 25.8. The number of sulfone groups is 2. The van der Waals surface area contributed by atoms with Crippen LogP contribution < -0.4 is 21.3 Å². The number of nitrogens with one attached hydrogen (secondary N) is 4. The standard InChI is InChI=1S/C51H42N4O17S2/c1-27(48(61)62)25-41(56)52-29-9-17-33(18-10-29)73(69,70)35-21-13-31(14-22-35)54-46(59)43-37(5-3-7-39(43)50(65)66)45(58)38-6-4-8-40(51(67)68)44(38)47(60)55-32-15-23-36(24-16-32)74(71,72)34-19-11-30(12-20-34)53-42(57)26-28(2)49(63)64/h3-24,27-28H,25-26H2,1-2H3,(H,52,56)(H,53,57)(H,54,59)(H,55,60)(H,61,62)(H,63,64)(H,65,66)(H,67,68). The van der Waals surface area contributed by atoms with E-state index in [-0.39, 0.29) is 55.2 Å². The summed E-state index contributed by atoms with van der Waals surface area (Å²) in [4.78, 5) is 113. The number of rotatable bonds is 20. The molecule has 0 saturated heterocycles. The third-order valence-corrected chi connectivity index (χ3v) is 14.7. The fourth-order valence-corrected chi connectivity index (χ4v) is 9.68. The first kappa shape index (κ1) is 54.0. The van der Waals surface area contributed by atoms with Crippen LogP contribution in [0.2, 0.25) is 0 Å². The molecule has 74 heavy (non-hydrogen) atoms. The van der Waals surface area contributed by atoms with Crippen LogP contribution in [-0.4, -0.2) is 90.6 Å². The van der Waals surface area contributed by atoms with Crippen LogP contribution in [0.3, 0.4) is 0 Å². The minimum Gasteiger partial charge on any atom is -0.481 e. The molecule has 21 nitrogen and oxygen atoms in total. The second-order valence-corrected chi connectivity index (χ2v) is 20.3. The van der Waals surface area contributed by atoms with Gasteiger partial charge in [-0.05, 0) is 109 Å². The van der Waals surface area contributed by atoms with E-state index in [0.29, 0.717) is 0 Å². The van der Waals surface area contributed by atoms with Crippen molar-refractivity contribution in [2.45, 2.75) is 46.3 Å². The van der Waals surface area contributed by atoms with Crippen molar-refractivity contribution >= 4 is 95.7 Å². The number of carboxylic acid groups (broad SMARTS) is 4. The zero-order valence-electron chi connectivity index (χ0n) is 38.7. The maximum Gasteiger partial charge on any atom is 0.336 e. The number of hydrogen-bond acceptors (Lipinski definition) is 13. The van der Waals surface area contributed by atoms with Crippen molar-refractivity contribution in [1.82, 2.24) is 0 Å². The van der Waals surface area contributed by atoms with E-state index >= 15 is 0 Å². The normalized spacial score (nSPS) is 12.0. The molecule has 6 aromatic carbocycles. The highest BCUT2D eigenvalue weighted by molar-refractivity contribution is 7.91. The van der Waals surface area contributed by atoms with Crippen molar-refractivity contribution in [3.05, 3.63) is 167 Å². The lowest BCUT2D eigenvalue weighted by molar-refractivity contribution is -0.143. The first-order valence-electron chi connectivity index (χ1n) is 21.7. The van der Waals surface area contributed by atoms with E-state index in [2.05, 4.69) is 21.3 Å². The summed E-state index contributed by atoms with van der Waals surface area (Å²) in [6.45, 7) is 2.71. The Labute approximate surface area is 420 Å². The molecule has 0 aliphatic carbocycles. The molecular formula is C51H42N4O17S2. The molecule has 0 aliphatic rings. The molecule has 0 aliphatic heterocycles. The Bertz CT molecular complexity index is 3260. The van der Waals surface area contributed by atoms with Gasteiger partial charge < -0.3 is 41.7 Å². The third-order valence-electron chi connectivity index (χ3n) is 11.1. The number of aromatic carboxylic acids is 2. The number of anilines is 4. The van der Waals surface area contributed by atoms with E-state index in [1.807, 2.05) is 0 Å². The number of ketones is 1. The summed E-state index contributed by atoms with van der Waals surface area (Å²) >= 11 is 0. The molecule has 0 spiro atoms. The van der Waals surface area contributed by atoms with Gasteiger partial charge in [-0.3, -0.25) is 33.6 Å². The zero-order chi connectivity index (χ0) is 54.2. The van der Waals surface area contributed by atoms with Crippen LogP contribution in [0.4, 0.5) is 22.7 Å². The molecule has 2 atom stereocenters. The van der Waals surface area contributed by atoms with Gasteiger partial charge in [-0.25, -0.2) is 26.4 Å². The summed E-state index contributed by atoms with van der Waals surface area (Å²) in [5.41, 5.74) is -3.63. The highest BCUT2D eigenvalue weighted by Gasteiger charge is 2.31. The van der Waals surface area contributed by atoms with Gasteiger partial charge in [0.1, 0.15) is 0 Å². The first-order valence-corrected chi connectivity index (χ1v) is 24.7. The summed E-state index contributed by atoms with van der Waals surface area (Å²) in [7, 11) is -8.38. The fraction of sp³-hybridized carbons (Fsp3) is 0.118. The van der Waals surface area contributed by atoms with Crippen molar-refractivity contribution < 1.29 is 80.4 Å². The number of carboxylic acids is 4. The molecule has 0 aromatic heterocycles. The van der Waals surface area contributed by atoms with E-state index in [1.165, 1.54) is 86.6 Å². The molecule has 2 unspecified atom stereocenters. The predicted octanol–water partition coefficient (Wildman–Crippen LogP) is 6.58. The average Bonchev–Trinajstić information content (AvgIpc) is 3.36. The second-order valence-electron chi connectivity index (χ2n) is 16.4. The molecule has 4 amide bonds. The van der Waals surface area contributed by atoms with Crippen LogP contribution in [0.1, 0.15) is 84.0 Å². The van der Waals surface area contributed by atoms with E-state index in [1.54, 1.807) is 0 Å². The third kappa shape index (κ3) is 12.4. The Morgan fingerprint density at radius 2 is 0.649 bits per heavy atom. The number of hydrogen-bond donors (Lipinski definition) is 8. The summed E-state index contributed by atoms with van der Waals surface area (Å²) < 4.78 is 53.9. The Morgan fingerprint density at radius 1 is 0.392 bits per heavy atom. The molecule has 0 heterocycles. The summed E-state index contributed by atoms with van der Waals surface area (Å²) in [5, 5.41) is 48.2. The maximum absolute atomic E-state index is 14.4. The molecule has 8 N–H and O–H groups in total. The van der Waals surface area contributed by atoms with Gasteiger partial charge in [-0.15, -0.1) is 0 Å². The van der Waals surface area contributed by atoms with Crippen molar-refractivity contribution in [3.63, 3.8) is 0 Å². The van der Waals surface area contributed by atoms with Crippen molar-refractivity contribution in [1.29, 1.82) is 0 Å². The Balaban J connectivity index is 1.21. The smallest absolute Gasteiger partial charge is 0.336 e. The number of amides is 4. The summed E-state index contributed by atoms with van der Waals surface area (Å²) in [6.07, 6.45) is -0.631. The van der Waals surface area contributed by atoms with Gasteiger partial charge in [0, 0.05) is 46.7 Å². The van der Waals surface area contributed by atoms with Crippen LogP contribution in [0.5, 0.6) is 0 Å². The van der Waals surface area contributed by atoms with E-state index in [0.717, 1.165) is 60.7 Å². The highest BCUT2D eigenvalue weighted by Crippen LogP contribution is 2.29. The Hall–Kier alpha value is -9.35. The van der Waals surface area contributed by atoms with Crippen LogP contribution in [-0.2, 0) is 38.9 Å². The molecule has 380 valence electrons. The number of aliphatic carboxylic acids is 2. The molecule has 6 aromatic rings. The lowest BCUT2D eigenvalue weighted by Crippen LogP contribution is -2.24. The van der Waals surface area contributed by atoms with E-state index < -0.39 is 118 Å². The quantitative estimate of drug-likeness (QED) is 0.0374. The van der Waals surface area contributed by atoms with Gasteiger partial charge in [-0.2, -0.15) is 0 Å². The Morgan fingerprint density at radius 3 is 0.905 bits per heavy atom. The topological polar surface area (TPSA) is 351 Å². The van der Waals surface area contributed by atoms with Crippen molar-refractivity contribution in [2.75, 3.05) is 21.3 Å². The van der Waals surface area contributed by atoms with E-state index in [9.17, 15) is 70.2 Å². The lowest BCUT2D eigenvalue weighted by atomic mass is 9.89.